The predicted octanol–water partition coefficient (Wildman–Crippen LogP) is 3.51. The molecule has 0 aromatic rings. The Labute approximate surface area is 94.7 Å². The summed E-state index contributed by atoms with van der Waals surface area (Å²) in [6.45, 7) is 3.03. The number of hydrogen-bond acceptors (Lipinski definition) is 1. The molecule has 4 bridgehead atoms. The van der Waals surface area contributed by atoms with Gasteiger partial charge in [0.05, 0.1) is 5.60 Å². The number of ether oxygens (including phenoxy) is 1. The highest BCUT2D eigenvalue weighted by molar-refractivity contribution is 9.10. The van der Waals surface area contributed by atoms with Crippen molar-refractivity contribution in [3.05, 3.63) is 0 Å². The molecular weight excluding hydrogens is 240 g/mol. The van der Waals surface area contributed by atoms with E-state index in [1.165, 1.54) is 38.5 Å². The molecule has 14 heavy (non-hydrogen) atoms. The van der Waals surface area contributed by atoms with E-state index in [-0.39, 0.29) is 5.60 Å². The van der Waals surface area contributed by atoms with Gasteiger partial charge in [-0.1, -0.05) is 15.9 Å². The van der Waals surface area contributed by atoms with Crippen LogP contribution in [0.3, 0.4) is 0 Å². The number of hydrogen-bond donors (Lipinski definition) is 0. The van der Waals surface area contributed by atoms with Crippen LogP contribution in [0.15, 0.2) is 0 Å². The lowest BCUT2D eigenvalue weighted by atomic mass is 9.54. The van der Waals surface area contributed by atoms with Gasteiger partial charge in [0.25, 0.3) is 0 Å². The third-order valence-corrected chi connectivity index (χ3v) is 5.31. The van der Waals surface area contributed by atoms with Gasteiger partial charge in [-0.3, -0.25) is 0 Å². The van der Waals surface area contributed by atoms with Crippen molar-refractivity contribution in [2.45, 2.75) is 55.4 Å². The van der Waals surface area contributed by atoms with Crippen LogP contribution in [0.25, 0.3) is 0 Å². The van der Waals surface area contributed by atoms with E-state index in [2.05, 4.69) is 22.9 Å². The van der Waals surface area contributed by atoms with E-state index >= 15 is 0 Å². The second kappa shape index (κ2) is 2.98. The molecule has 80 valence electrons. The molecule has 0 aromatic heterocycles. The van der Waals surface area contributed by atoms with Crippen molar-refractivity contribution in [2.24, 2.45) is 11.8 Å². The molecule has 2 unspecified atom stereocenters. The molecule has 0 aromatic carbocycles. The highest BCUT2D eigenvalue weighted by Crippen LogP contribution is 2.61. The zero-order chi connectivity index (χ0) is 9.81. The third-order valence-electron chi connectivity index (χ3n) is 4.39. The summed E-state index contributed by atoms with van der Waals surface area (Å²) >= 11 is 3.98. The van der Waals surface area contributed by atoms with Gasteiger partial charge < -0.3 is 4.74 Å². The maximum Gasteiger partial charge on any atom is 0.0701 e. The molecule has 0 heterocycles. The quantitative estimate of drug-likeness (QED) is 0.689. The minimum atomic E-state index is 0.266. The fourth-order valence-corrected chi connectivity index (χ4v) is 5.97. The number of rotatable bonds is 2. The smallest absolute Gasteiger partial charge is 0.0701 e. The Morgan fingerprint density at radius 1 is 1.21 bits per heavy atom. The Morgan fingerprint density at radius 3 is 2.36 bits per heavy atom. The minimum Gasteiger partial charge on any atom is -0.375 e. The maximum atomic E-state index is 6.08. The van der Waals surface area contributed by atoms with Crippen molar-refractivity contribution in [2.75, 3.05) is 6.61 Å². The van der Waals surface area contributed by atoms with E-state index in [0.717, 1.165) is 18.4 Å². The van der Waals surface area contributed by atoms with Crippen LogP contribution in [0.2, 0.25) is 0 Å². The fourth-order valence-electron chi connectivity index (χ4n) is 4.54. The lowest BCUT2D eigenvalue weighted by Crippen LogP contribution is -2.57. The van der Waals surface area contributed by atoms with Gasteiger partial charge in [-0.15, -0.1) is 0 Å². The largest absolute Gasteiger partial charge is 0.375 e. The number of alkyl halides is 1. The van der Waals surface area contributed by atoms with Crippen LogP contribution in [0, 0.1) is 11.8 Å². The van der Waals surface area contributed by atoms with Gasteiger partial charge in [-0.2, -0.15) is 0 Å². The van der Waals surface area contributed by atoms with E-state index in [9.17, 15) is 0 Å². The van der Waals surface area contributed by atoms with Crippen molar-refractivity contribution in [1.29, 1.82) is 0 Å². The molecule has 2 atom stereocenters. The first kappa shape index (κ1) is 9.65. The molecule has 1 nitrogen and oxygen atoms in total. The molecule has 4 fully saturated rings. The van der Waals surface area contributed by atoms with Crippen LogP contribution in [0.5, 0.6) is 0 Å². The molecule has 4 aliphatic rings. The molecule has 0 spiro atoms. The van der Waals surface area contributed by atoms with Crippen LogP contribution in [-0.2, 0) is 4.74 Å². The predicted molar refractivity (Wildman–Crippen MR) is 60.7 cm³/mol. The lowest BCUT2D eigenvalue weighted by molar-refractivity contribution is -0.149. The molecule has 0 aliphatic heterocycles. The molecular formula is C12H19BrO. The molecule has 4 aliphatic carbocycles. The molecule has 0 saturated heterocycles. The van der Waals surface area contributed by atoms with E-state index in [1.807, 2.05) is 0 Å². The van der Waals surface area contributed by atoms with Gasteiger partial charge >= 0.3 is 0 Å². The Kier molecular flexibility index (Phi) is 2.05. The van der Waals surface area contributed by atoms with Gasteiger partial charge in [0, 0.05) is 10.9 Å². The molecule has 0 radical (unpaired) electrons. The van der Waals surface area contributed by atoms with Gasteiger partial charge in [-0.05, 0) is 57.3 Å². The summed E-state index contributed by atoms with van der Waals surface area (Å²) < 4.78 is 6.53. The molecule has 0 N–H and O–H groups in total. The molecule has 2 heteroatoms. The zero-order valence-electron chi connectivity index (χ0n) is 8.89. The Morgan fingerprint density at radius 2 is 1.86 bits per heavy atom. The highest BCUT2D eigenvalue weighted by Gasteiger charge is 2.57. The van der Waals surface area contributed by atoms with Crippen molar-refractivity contribution in [1.82, 2.24) is 0 Å². The zero-order valence-corrected chi connectivity index (χ0v) is 10.5. The lowest BCUT2D eigenvalue weighted by Gasteiger charge is -2.59. The van der Waals surface area contributed by atoms with Crippen LogP contribution in [-0.4, -0.2) is 16.5 Å². The summed E-state index contributed by atoms with van der Waals surface area (Å²) in [5.74, 6) is 1.89. The maximum absolute atomic E-state index is 6.08. The van der Waals surface area contributed by atoms with Gasteiger partial charge in [0.2, 0.25) is 0 Å². The van der Waals surface area contributed by atoms with Crippen LogP contribution in [0.4, 0.5) is 0 Å². The van der Waals surface area contributed by atoms with Crippen molar-refractivity contribution in [3.63, 3.8) is 0 Å². The van der Waals surface area contributed by atoms with E-state index in [0.29, 0.717) is 4.32 Å². The highest BCUT2D eigenvalue weighted by atomic mass is 79.9. The van der Waals surface area contributed by atoms with Crippen LogP contribution in [0.1, 0.15) is 45.4 Å². The third kappa shape index (κ3) is 1.37. The van der Waals surface area contributed by atoms with Crippen molar-refractivity contribution in [3.8, 4) is 0 Å². The first-order chi connectivity index (χ1) is 6.63. The first-order valence-electron chi connectivity index (χ1n) is 5.96. The first-order valence-corrected chi connectivity index (χ1v) is 6.75. The standard InChI is InChI=1S/C12H19BrO/c1-2-14-12-6-9-3-10(7-12)5-11(13,4-9)8-12/h9-10H,2-8H2,1H3. The van der Waals surface area contributed by atoms with Crippen LogP contribution >= 0.6 is 15.9 Å². The summed E-state index contributed by atoms with van der Waals surface area (Å²) in [4.78, 5) is 0. The van der Waals surface area contributed by atoms with E-state index < -0.39 is 0 Å². The average Bonchev–Trinajstić information content (AvgIpc) is 1.97. The molecule has 0 amide bonds. The Bertz CT molecular complexity index is 237. The Balaban J connectivity index is 1.89. The van der Waals surface area contributed by atoms with E-state index in [1.54, 1.807) is 0 Å². The fraction of sp³-hybridized carbons (Fsp3) is 1.00. The molecule has 4 rings (SSSR count). The second-order valence-electron chi connectivity index (χ2n) is 5.73. The summed E-state index contributed by atoms with van der Waals surface area (Å²) in [6, 6.07) is 0. The summed E-state index contributed by atoms with van der Waals surface area (Å²) in [7, 11) is 0. The van der Waals surface area contributed by atoms with E-state index in [4.69, 9.17) is 4.74 Å². The van der Waals surface area contributed by atoms with Crippen molar-refractivity contribution < 1.29 is 4.74 Å². The normalized spacial score (nSPS) is 55.3. The molecule has 4 saturated carbocycles. The van der Waals surface area contributed by atoms with Gasteiger partial charge in [0.15, 0.2) is 0 Å². The SMILES string of the molecule is CCOC12CC3CC(CC(Br)(C3)C1)C2. The average molecular weight is 259 g/mol. The number of halogens is 1. The second-order valence-corrected chi connectivity index (χ2v) is 7.41. The van der Waals surface area contributed by atoms with Crippen LogP contribution < -0.4 is 0 Å². The topological polar surface area (TPSA) is 9.23 Å². The summed E-state index contributed by atoms with van der Waals surface area (Å²) in [5, 5.41) is 0. The monoisotopic (exact) mass is 258 g/mol. The summed E-state index contributed by atoms with van der Waals surface area (Å²) in [5.41, 5.74) is 0.266. The minimum absolute atomic E-state index is 0.266. The van der Waals surface area contributed by atoms with Gasteiger partial charge in [0.1, 0.15) is 0 Å². The van der Waals surface area contributed by atoms with Crippen molar-refractivity contribution >= 4 is 15.9 Å². The summed E-state index contributed by atoms with van der Waals surface area (Å²) in [6.07, 6.45) is 8.22. The Hall–Kier alpha value is 0.440. The van der Waals surface area contributed by atoms with Gasteiger partial charge in [-0.25, -0.2) is 0 Å².